The predicted octanol–water partition coefficient (Wildman–Crippen LogP) is 4.05. The lowest BCUT2D eigenvalue weighted by atomic mass is 9.91. The Kier molecular flexibility index (Phi) is 5.82. The van der Waals surface area contributed by atoms with E-state index in [1.807, 2.05) is 20.8 Å². The molecule has 9 nitrogen and oxygen atoms in total. The maximum absolute atomic E-state index is 12.3. The number of nitrogens with one attached hydrogen (secondary N) is 1. The summed E-state index contributed by atoms with van der Waals surface area (Å²) in [4.78, 5) is 25.3. The number of likely N-dealkylation sites (tertiary alicyclic amines) is 1. The highest BCUT2D eigenvalue weighted by Gasteiger charge is 2.35. The van der Waals surface area contributed by atoms with Crippen LogP contribution in [0.15, 0.2) is 22.9 Å². The van der Waals surface area contributed by atoms with Crippen molar-refractivity contribution in [3.63, 3.8) is 0 Å². The average molecular weight is 518 g/mol. The van der Waals surface area contributed by atoms with E-state index in [1.54, 1.807) is 11.2 Å². The third-order valence-electron chi connectivity index (χ3n) is 5.92. The topological polar surface area (TPSA) is 89.0 Å². The van der Waals surface area contributed by atoms with Gasteiger partial charge in [-0.1, -0.05) is 0 Å². The van der Waals surface area contributed by atoms with E-state index in [4.69, 9.17) is 14.2 Å². The van der Waals surface area contributed by atoms with Crippen LogP contribution < -0.4 is 15.0 Å². The predicted molar refractivity (Wildman–Crippen MR) is 127 cm³/mol. The summed E-state index contributed by atoms with van der Waals surface area (Å²) < 4.78 is 18.0. The molecule has 3 aliphatic heterocycles. The molecule has 2 saturated heterocycles. The van der Waals surface area contributed by atoms with E-state index in [9.17, 15) is 4.79 Å². The number of rotatable bonds is 2. The lowest BCUT2D eigenvalue weighted by molar-refractivity contribution is 0.00819. The van der Waals surface area contributed by atoms with Gasteiger partial charge in [0.25, 0.3) is 0 Å². The fourth-order valence-corrected chi connectivity index (χ4v) is 4.81. The summed E-state index contributed by atoms with van der Waals surface area (Å²) >= 11 is 3.68. The minimum Gasteiger partial charge on any atom is -0.485 e. The van der Waals surface area contributed by atoms with Gasteiger partial charge in [-0.2, -0.15) is 0 Å². The number of carbonyl (C=O) groups excluding carboxylic acids is 1. The van der Waals surface area contributed by atoms with Crippen LogP contribution in [0.25, 0.3) is 0 Å². The average Bonchev–Trinajstić information content (AvgIpc) is 2.91. The lowest BCUT2D eigenvalue weighted by Crippen LogP contribution is -2.50. The molecule has 176 valence electrons. The highest BCUT2D eigenvalue weighted by Crippen LogP contribution is 2.43. The van der Waals surface area contributed by atoms with E-state index in [-0.39, 0.29) is 12.0 Å². The number of hydrogen-bond acceptors (Lipinski definition) is 8. The van der Waals surface area contributed by atoms with Crippen LogP contribution in [0.1, 0.15) is 37.8 Å². The summed E-state index contributed by atoms with van der Waals surface area (Å²) in [7, 11) is 0. The van der Waals surface area contributed by atoms with Gasteiger partial charge >= 0.3 is 6.09 Å². The zero-order valence-corrected chi connectivity index (χ0v) is 20.6. The third kappa shape index (κ3) is 4.59. The standard InChI is InChI=1S/C23H28BrN5O4/c1-23(2,3)33-22(30)29-10-15(11-29)14-8-17(24)19-18(9-14)27-20-16(12-32-19)21(26-13-25-20)28-4-6-31-7-5-28/h8-9,13,15H,4-7,10-12H2,1-3H3,(H,25,26,27). The number of anilines is 3. The molecule has 0 spiro atoms. The van der Waals surface area contributed by atoms with E-state index in [0.29, 0.717) is 32.9 Å². The fraction of sp³-hybridized carbons (Fsp3) is 0.522. The van der Waals surface area contributed by atoms with Crippen molar-refractivity contribution in [2.24, 2.45) is 0 Å². The van der Waals surface area contributed by atoms with E-state index in [0.717, 1.165) is 51.8 Å². The van der Waals surface area contributed by atoms with Gasteiger partial charge in [0.2, 0.25) is 0 Å². The first kappa shape index (κ1) is 22.2. The summed E-state index contributed by atoms with van der Waals surface area (Å²) in [5.41, 5.74) is 2.41. The van der Waals surface area contributed by atoms with Crippen molar-refractivity contribution in [2.75, 3.05) is 49.6 Å². The molecule has 10 heteroatoms. The molecule has 33 heavy (non-hydrogen) atoms. The molecule has 0 atom stereocenters. The van der Waals surface area contributed by atoms with Crippen molar-refractivity contribution in [3.8, 4) is 5.75 Å². The molecular formula is C23H28BrN5O4. The van der Waals surface area contributed by atoms with Crippen LogP contribution in [0.2, 0.25) is 0 Å². The first-order valence-electron chi connectivity index (χ1n) is 11.2. The molecule has 0 unspecified atom stereocenters. The SMILES string of the molecule is CC(C)(C)OC(=O)N1CC(c2cc(Br)c3c(c2)Nc2ncnc(N4CCOCC4)c2CO3)C1. The first-order valence-corrected chi connectivity index (χ1v) is 12.0. The van der Waals surface area contributed by atoms with Gasteiger partial charge < -0.3 is 29.3 Å². The summed E-state index contributed by atoms with van der Waals surface area (Å²) in [6.07, 6.45) is 1.32. The summed E-state index contributed by atoms with van der Waals surface area (Å²) in [5, 5.41) is 3.46. The van der Waals surface area contributed by atoms with Crippen molar-refractivity contribution in [3.05, 3.63) is 34.1 Å². The van der Waals surface area contributed by atoms with Crippen LogP contribution in [0.4, 0.5) is 22.1 Å². The van der Waals surface area contributed by atoms with Gasteiger partial charge in [-0.15, -0.1) is 0 Å². The Morgan fingerprint density at radius 3 is 2.70 bits per heavy atom. The molecule has 2 aromatic rings. The molecule has 3 aliphatic rings. The van der Waals surface area contributed by atoms with E-state index in [2.05, 4.69) is 48.2 Å². The number of benzene rings is 1. The number of aromatic nitrogens is 2. The molecule has 1 aromatic heterocycles. The Hall–Kier alpha value is -2.59. The molecule has 0 bridgehead atoms. The molecule has 1 amide bonds. The van der Waals surface area contributed by atoms with E-state index >= 15 is 0 Å². The smallest absolute Gasteiger partial charge is 0.410 e. The van der Waals surface area contributed by atoms with Crippen molar-refractivity contribution in [2.45, 2.75) is 38.9 Å². The summed E-state index contributed by atoms with van der Waals surface area (Å²) in [6, 6.07) is 4.16. The van der Waals surface area contributed by atoms with Gasteiger partial charge in [-0.05, 0) is 54.4 Å². The zero-order valence-electron chi connectivity index (χ0n) is 19.1. The van der Waals surface area contributed by atoms with Crippen LogP contribution in [-0.2, 0) is 16.1 Å². The zero-order chi connectivity index (χ0) is 23.2. The normalized spacial score (nSPS) is 18.3. The molecule has 2 fully saturated rings. The highest BCUT2D eigenvalue weighted by atomic mass is 79.9. The monoisotopic (exact) mass is 517 g/mol. The van der Waals surface area contributed by atoms with Crippen molar-refractivity contribution < 1.29 is 19.0 Å². The van der Waals surface area contributed by atoms with Gasteiger partial charge in [0, 0.05) is 32.1 Å². The molecular weight excluding hydrogens is 490 g/mol. The molecule has 1 N–H and O–H groups in total. The Morgan fingerprint density at radius 2 is 1.97 bits per heavy atom. The Labute approximate surface area is 201 Å². The van der Waals surface area contributed by atoms with Crippen molar-refractivity contribution >= 4 is 39.3 Å². The van der Waals surface area contributed by atoms with Gasteiger partial charge in [0.1, 0.15) is 30.2 Å². The second kappa shape index (κ2) is 8.64. The van der Waals surface area contributed by atoms with E-state index < -0.39 is 5.60 Å². The molecule has 1 aromatic carbocycles. The van der Waals surface area contributed by atoms with Gasteiger partial charge in [0.05, 0.1) is 28.9 Å². The molecule has 0 saturated carbocycles. The van der Waals surface area contributed by atoms with Gasteiger partial charge in [-0.25, -0.2) is 14.8 Å². The minimum absolute atomic E-state index is 0.234. The molecule has 0 radical (unpaired) electrons. The molecule has 5 rings (SSSR count). The van der Waals surface area contributed by atoms with Crippen molar-refractivity contribution in [1.29, 1.82) is 0 Å². The Bertz CT molecular complexity index is 1060. The van der Waals surface area contributed by atoms with Crippen LogP contribution in [0.5, 0.6) is 5.75 Å². The maximum atomic E-state index is 12.3. The number of carbonyl (C=O) groups is 1. The number of nitrogens with zero attached hydrogens (tertiary/aromatic N) is 4. The number of ether oxygens (including phenoxy) is 3. The highest BCUT2D eigenvalue weighted by molar-refractivity contribution is 9.10. The fourth-order valence-electron chi connectivity index (χ4n) is 4.22. The quantitative estimate of drug-likeness (QED) is 0.638. The second-order valence-corrected chi connectivity index (χ2v) is 10.4. The van der Waals surface area contributed by atoms with Crippen LogP contribution in [0.3, 0.4) is 0 Å². The van der Waals surface area contributed by atoms with Crippen LogP contribution in [0, 0.1) is 0 Å². The van der Waals surface area contributed by atoms with Crippen LogP contribution >= 0.6 is 15.9 Å². The number of hydrogen-bond donors (Lipinski definition) is 1. The second-order valence-electron chi connectivity index (χ2n) is 9.50. The summed E-state index contributed by atoms with van der Waals surface area (Å²) in [5.74, 6) is 2.61. The Morgan fingerprint density at radius 1 is 1.21 bits per heavy atom. The third-order valence-corrected chi connectivity index (χ3v) is 6.51. The maximum Gasteiger partial charge on any atom is 0.410 e. The number of amides is 1. The molecule has 0 aliphatic carbocycles. The van der Waals surface area contributed by atoms with Gasteiger partial charge in [-0.3, -0.25) is 0 Å². The first-order chi connectivity index (χ1) is 15.8. The van der Waals surface area contributed by atoms with E-state index in [1.165, 1.54) is 0 Å². The van der Waals surface area contributed by atoms with Crippen molar-refractivity contribution in [1.82, 2.24) is 14.9 Å². The van der Waals surface area contributed by atoms with Gasteiger partial charge in [0.15, 0.2) is 5.75 Å². The number of halogens is 1. The van der Waals surface area contributed by atoms with Crippen LogP contribution in [-0.4, -0.2) is 66.0 Å². The Balaban J connectivity index is 1.35. The lowest BCUT2D eigenvalue weighted by Gasteiger charge is -2.40. The molecule has 4 heterocycles. The summed E-state index contributed by atoms with van der Waals surface area (Å²) in [6.45, 7) is 10.2. The minimum atomic E-state index is -0.494. The number of fused-ring (bicyclic) bond motifs is 2. The number of morpholine rings is 1. The largest absolute Gasteiger partial charge is 0.485 e.